The number of hydrogen-bond acceptors (Lipinski definition) is 2. The Morgan fingerprint density at radius 2 is 1.39 bits per heavy atom. The maximum Gasteiger partial charge on any atom is 0.313 e. The molecule has 0 aromatic carbocycles. The van der Waals surface area contributed by atoms with E-state index in [0.29, 0.717) is 0 Å². The van der Waals surface area contributed by atoms with Gasteiger partial charge in [0.25, 0.3) is 0 Å². The molecule has 2 nitrogen and oxygen atoms in total. The van der Waals surface area contributed by atoms with E-state index < -0.39 is 5.97 Å². The first-order valence-electron chi connectivity index (χ1n) is 9.02. The zero-order valence-corrected chi connectivity index (χ0v) is 15.5. The van der Waals surface area contributed by atoms with Crippen LogP contribution in [0.3, 0.4) is 0 Å². The van der Waals surface area contributed by atoms with E-state index in [0.717, 1.165) is 31.4 Å². The van der Waals surface area contributed by atoms with Crippen LogP contribution in [0.25, 0.3) is 0 Å². The molecular weight excluding hydrogens is 304 g/mol. The third-order valence-electron chi connectivity index (χ3n) is 3.42. The van der Waals surface area contributed by atoms with Crippen molar-refractivity contribution in [2.45, 2.75) is 71.1 Å². The van der Waals surface area contributed by atoms with Gasteiger partial charge in [-0.2, -0.15) is 11.8 Å². The van der Waals surface area contributed by atoms with E-state index in [9.17, 15) is 4.79 Å². The van der Waals surface area contributed by atoms with Crippen molar-refractivity contribution in [3.63, 3.8) is 0 Å². The van der Waals surface area contributed by atoms with Crippen LogP contribution in [0.4, 0.5) is 0 Å². The topological polar surface area (TPSA) is 37.3 Å². The van der Waals surface area contributed by atoms with E-state index in [1.54, 1.807) is 0 Å². The molecule has 0 spiro atoms. The van der Waals surface area contributed by atoms with Crippen LogP contribution in [0, 0.1) is 0 Å². The van der Waals surface area contributed by atoms with Gasteiger partial charge in [0.2, 0.25) is 0 Å². The fraction of sp³-hybridized carbons (Fsp3) is 0.650. The molecule has 1 N–H and O–H groups in total. The Morgan fingerprint density at radius 3 is 2.04 bits per heavy atom. The molecule has 0 bridgehead atoms. The summed E-state index contributed by atoms with van der Waals surface area (Å²) in [5, 5.41) is 8.52. The highest BCUT2D eigenvalue weighted by atomic mass is 32.2. The van der Waals surface area contributed by atoms with Gasteiger partial charge in [-0.15, -0.1) is 0 Å². The molecule has 0 fully saturated rings. The lowest BCUT2D eigenvalue weighted by Gasteiger charge is -2.00. The molecule has 0 aliphatic carbocycles. The van der Waals surface area contributed by atoms with Crippen LogP contribution in [-0.2, 0) is 4.79 Å². The van der Waals surface area contributed by atoms with E-state index in [2.05, 4.69) is 43.4 Å². The van der Waals surface area contributed by atoms with Gasteiger partial charge in [0.15, 0.2) is 0 Å². The fourth-order valence-electron chi connectivity index (χ4n) is 2.16. The van der Waals surface area contributed by atoms with Crippen molar-refractivity contribution in [3.8, 4) is 0 Å². The van der Waals surface area contributed by atoms with E-state index >= 15 is 0 Å². The van der Waals surface area contributed by atoms with Gasteiger partial charge in [-0.05, 0) is 44.3 Å². The Morgan fingerprint density at radius 1 is 0.826 bits per heavy atom. The number of carboxylic acid groups (broad SMARTS) is 1. The maximum atomic E-state index is 10.3. The van der Waals surface area contributed by atoms with E-state index in [1.165, 1.54) is 50.3 Å². The molecule has 0 saturated heterocycles. The van der Waals surface area contributed by atoms with E-state index in [-0.39, 0.29) is 5.75 Å². The quantitative estimate of drug-likeness (QED) is 0.261. The summed E-state index contributed by atoms with van der Waals surface area (Å²) in [5.74, 6) is 0.528. The van der Waals surface area contributed by atoms with Gasteiger partial charge in [-0.1, -0.05) is 69.1 Å². The minimum atomic E-state index is -0.702. The van der Waals surface area contributed by atoms with Crippen LogP contribution in [0.15, 0.2) is 36.5 Å². The molecule has 132 valence electrons. The number of allylic oxidation sites excluding steroid dienone is 6. The summed E-state index contributed by atoms with van der Waals surface area (Å²) in [6.07, 6.45) is 25.4. The van der Waals surface area contributed by atoms with Crippen LogP contribution in [-0.4, -0.2) is 22.6 Å². The molecule has 23 heavy (non-hydrogen) atoms. The fourth-order valence-corrected chi connectivity index (χ4v) is 2.89. The minimum absolute atomic E-state index is 0.247. The van der Waals surface area contributed by atoms with E-state index in [1.807, 2.05) is 0 Å². The summed E-state index contributed by atoms with van der Waals surface area (Å²) in [7, 11) is 0. The molecule has 0 amide bonds. The van der Waals surface area contributed by atoms with Gasteiger partial charge in [-0.3, -0.25) is 4.79 Å². The average Bonchev–Trinajstić information content (AvgIpc) is 2.53. The highest BCUT2D eigenvalue weighted by molar-refractivity contribution is 7.99. The number of carboxylic acids is 1. The van der Waals surface area contributed by atoms with Crippen LogP contribution in [0.1, 0.15) is 71.1 Å². The Labute approximate surface area is 147 Å². The molecule has 0 aromatic rings. The summed E-state index contributed by atoms with van der Waals surface area (Å²) in [6.45, 7) is 2.16. The van der Waals surface area contributed by atoms with Crippen molar-refractivity contribution in [1.29, 1.82) is 0 Å². The second kappa shape index (κ2) is 19.1. The van der Waals surface area contributed by atoms with Gasteiger partial charge < -0.3 is 5.11 Å². The first kappa shape index (κ1) is 22.0. The smallest absolute Gasteiger partial charge is 0.313 e. The SMILES string of the molecule is CCC=CCC=CCC=CCCCCCCCCSCC(=O)O. The van der Waals surface area contributed by atoms with Crippen molar-refractivity contribution < 1.29 is 9.90 Å². The lowest BCUT2D eigenvalue weighted by molar-refractivity contribution is -0.133. The molecule has 0 aliphatic heterocycles. The van der Waals surface area contributed by atoms with Gasteiger partial charge in [0, 0.05) is 0 Å². The van der Waals surface area contributed by atoms with Gasteiger partial charge in [0.05, 0.1) is 5.75 Å². The monoisotopic (exact) mass is 338 g/mol. The predicted molar refractivity (Wildman–Crippen MR) is 104 cm³/mol. The predicted octanol–water partition coefficient (Wildman–Crippen LogP) is 6.39. The highest BCUT2D eigenvalue weighted by Gasteiger charge is 1.96. The summed E-state index contributed by atoms with van der Waals surface area (Å²) >= 11 is 1.53. The molecule has 0 aromatic heterocycles. The number of unbranched alkanes of at least 4 members (excludes halogenated alkanes) is 6. The number of aliphatic carboxylic acids is 1. The van der Waals surface area contributed by atoms with Crippen molar-refractivity contribution in [3.05, 3.63) is 36.5 Å². The molecule has 3 heteroatoms. The molecule has 0 heterocycles. The number of carbonyl (C=O) groups is 1. The number of thioether (sulfide) groups is 1. The molecule has 0 rings (SSSR count). The Kier molecular flexibility index (Phi) is 18.3. The van der Waals surface area contributed by atoms with Gasteiger partial charge in [0.1, 0.15) is 0 Å². The Hall–Kier alpha value is -0.960. The zero-order chi connectivity index (χ0) is 17.0. The standard InChI is InChI=1S/C20H34O2S/c1-2-3-4-5-6-7-8-9-10-11-12-13-14-15-16-17-18-23-19-20(21)22/h3-4,6-7,9-10H,2,5,8,11-19H2,1H3,(H,21,22). The summed E-state index contributed by atoms with van der Waals surface area (Å²) < 4.78 is 0. The Bertz CT molecular complexity index is 346. The lowest BCUT2D eigenvalue weighted by Crippen LogP contribution is -1.98. The minimum Gasteiger partial charge on any atom is -0.481 e. The van der Waals surface area contributed by atoms with Crippen molar-refractivity contribution >= 4 is 17.7 Å². The van der Waals surface area contributed by atoms with Crippen LogP contribution in [0.2, 0.25) is 0 Å². The second-order valence-electron chi connectivity index (χ2n) is 5.65. The summed E-state index contributed by atoms with van der Waals surface area (Å²) in [6, 6.07) is 0. The third-order valence-corrected chi connectivity index (χ3v) is 4.44. The second-order valence-corrected chi connectivity index (χ2v) is 6.76. The Balaban J connectivity index is 3.19. The molecular formula is C20H34O2S. The van der Waals surface area contributed by atoms with Crippen LogP contribution < -0.4 is 0 Å². The molecule has 0 aliphatic rings. The van der Waals surface area contributed by atoms with Crippen molar-refractivity contribution in [2.75, 3.05) is 11.5 Å². The third kappa shape index (κ3) is 21.0. The zero-order valence-electron chi connectivity index (χ0n) is 14.7. The molecule has 0 atom stereocenters. The van der Waals surface area contributed by atoms with Gasteiger partial charge >= 0.3 is 5.97 Å². The summed E-state index contributed by atoms with van der Waals surface area (Å²) in [5.41, 5.74) is 0. The molecule has 0 saturated carbocycles. The number of hydrogen-bond donors (Lipinski definition) is 1. The van der Waals surface area contributed by atoms with Crippen molar-refractivity contribution in [1.82, 2.24) is 0 Å². The number of rotatable bonds is 16. The normalized spacial score (nSPS) is 12.0. The average molecular weight is 339 g/mol. The van der Waals surface area contributed by atoms with Crippen LogP contribution in [0.5, 0.6) is 0 Å². The molecule has 0 radical (unpaired) electrons. The first-order chi connectivity index (χ1) is 11.3. The van der Waals surface area contributed by atoms with E-state index in [4.69, 9.17) is 5.11 Å². The summed E-state index contributed by atoms with van der Waals surface area (Å²) in [4.78, 5) is 10.3. The van der Waals surface area contributed by atoms with Crippen molar-refractivity contribution in [2.24, 2.45) is 0 Å². The lowest BCUT2D eigenvalue weighted by atomic mass is 10.1. The molecule has 0 unspecified atom stereocenters. The van der Waals surface area contributed by atoms with Gasteiger partial charge in [-0.25, -0.2) is 0 Å². The first-order valence-corrected chi connectivity index (χ1v) is 10.2. The maximum absolute atomic E-state index is 10.3. The van der Waals surface area contributed by atoms with Crippen LogP contribution >= 0.6 is 11.8 Å². The highest BCUT2D eigenvalue weighted by Crippen LogP contribution is 2.10. The largest absolute Gasteiger partial charge is 0.481 e.